The molecule has 1 amide bonds. The van der Waals surface area contributed by atoms with E-state index in [-0.39, 0.29) is 11.9 Å². The number of nitrogens with one attached hydrogen (secondary N) is 2. The van der Waals surface area contributed by atoms with Gasteiger partial charge in [-0.05, 0) is 31.4 Å². The lowest BCUT2D eigenvalue weighted by Gasteiger charge is -2.15. The number of rotatable bonds is 7. The van der Waals surface area contributed by atoms with Crippen molar-refractivity contribution < 1.29 is 4.79 Å². The minimum absolute atomic E-state index is 0.0191. The summed E-state index contributed by atoms with van der Waals surface area (Å²) in [6.45, 7) is 8.36. The minimum Gasteiger partial charge on any atom is -0.373 e. The van der Waals surface area contributed by atoms with Crippen LogP contribution in [0.15, 0.2) is 12.1 Å². The molecule has 0 aliphatic carbocycles. The van der Waals surface area contributed by atoms with Gasteiger partial charge in [0.15, 0.2) is 0 Å². The highest BCUT2D eigenvalue weighted by atomic mass is 16.1. The van der Waals surface area contributed by atoms with Crippen molar-refractivity contribution in [3.8, 4) is 0 Å². The molecule has 1 aromatic heterocycles. The van der Waals surface area contributed by atoms with E-state index in [1.54, 1.807) is 6.07 Å². The summed E-state index contributed by atoms with van der Waals surface area (Å²) in [5.41, 5.74) is 1.61. The Morgan fingerprint density at radius 1 is 1.30 bits per heavy atom. The van der Waals surface area contributed by atoms with Crippen LogP contribution < -0.4 is 10.6 Å². The molecule has 1 unspecified atom stereocenters. The molecule has 0 bridgehead atoms. The number of anilines is 1. The normalized spacial score (nSPS) is 12.3. The summed E-state index contributed by atoms with van der Waals surface area (Å²) in [4.78, 5) is 16.8. The summed E-state index contributed by atoms with van der Waals surface area (Å²) in [5.74, 6) is 1.02. The van der Waals surface area contributed by atoms with Crippen molar-refractivity contribution in [2.24, 2.45) is 0 Å². The molecule has 0 spiro atoms. The first-order chi connectivity index (χ1) is 9.47. The molecule has 20 heavy (non-hydrogen) atoms. The zero-order valence-corrected chi connectivity index (χ0v) is 13.3. The fourth-order valence-electron chi connectivity index (χ4n) is 2.00. The zero-order chi connectivity index (χ0) is 15.1. The lowest BCUT2D eigenvalue weighted by atomic mass is 10.1. The monoisotopic (exact) mass is 277 g/mol. The van der Waals surface area contributed by atoms with Gasteiger partial charge in [0, 0.05) is 24.3 Å². The smallest absolute Gasteiger partial charge is 0.251 e. The molecular formula is C16H27N3O. The second kappa shape index (κ2) is 7.88. The van der Waals surface area contributed by atoms with Crippen molar-refractivity contribution in [2.45, 2.75) is 58.9 Å². The summed E-state index contributed by atoms with van der Waals surface area (Å²) in [7, 11) is 1.82. The lowest BCUT2D eigenvalue weighted by Crippen LogP contribution is -2.32. The Labute approximate surface area is 122 Å². The number of unbranched alkanes of at least 4 members (excludes halogenated alkanes) is 1. The largest absolute Gasteiger partial charge is 0.373 e. The Morgan fingerprint density at radius 2 is 2.00 bits per heavy atom. The van der Waals surface area contributed by atoms with Gasteiger partial charge in [-0.3, -0.25) is 4.79 Å². The van der Waals surface area contributed by atoms with Crippen molar-refractivity contribution >= 4 is 11.7 Å². The van der Waals surface area contributed by atoms with Crippen LogP contribution in [0.3, 0.4) is 0 Å². The maximum atomic E-state index is 12.3. The summed E-state index contributed by atoms with van der Waals surface area (Å²) in [6, 6.07) is 3.89. The first-order valence-electron chi connectivity index (χ1n) is 7.48. The van der Waals surface area contributed by atoms with Gasteiger partial charge in [0.05, 0.1) is 0 Å². The number of hydrogen-bond donors (Lipinski definition) is 2. The third-order valence-electron chi connectivity index (χ3n) is 3.32. The molecule has 1 heterocycles. The standard InChI is InChI=1S/C16H27N3O/c1-6-7-8-12(4)18-16(20)13-9-14(11(2)3)19-15(10-13)17-5/h9-12H,6-8H2,1-5H3,(H,17,19)(H,18,20). The molecule has 1 aromatic rings. The van der Waals surface area contributed by atoms with Crippen LogP contribution >= 0.6 is 0 Å². The fourth-order valence-corrected chi connectivity index (χ4v) is 2.00. The quantitative estimate of drug-likeness (QED) is 0.801. The molecule has 0 aliphatic heterocycles. The van der Waals surface area contributed by atoms with Crippen LogP contribution in [0.25, 0.3) is 0 Å². The van der Waals surface area contributed by atoms with Gasteiger partial charge in [-0.2, -0.15) is 0 Å². The number of pyridine rings is 1. The molecule has 0 aromatic carbocycles. The van der Waals surface area contributed by atoms with E-state index >= 15 is 0 Å². The Kier molecular flexibility index (Phi) is 6.49. The number of carbonyl (C=O) groups excluding carboxylic acids is 1. The lowest BCUT2D eigenvalue weighted by molar-refractivity contribution is 0.0938. The van der Waals surface area contributed by atoms with Crippen LogP contribution in [-0.4, -0.2) is 24.0 Å². The SMILES string of the molecule is CCCCC(C)NC(=O)c1cc(NC)nc(C(C)C)c1. The molecule has 1 rings (SSSR count). The van der Waals surface area contributed by atoms with Gasteiger partial charge in [-0.25, -0.2) is 4.98 Å². The van der Waals surface area contributed by atoms with Crippen molar-refractivity contribution in [1.29, 1.82) is 0 Å². The van der Waals surface area contributed by atoms with Crippen LogP contribution in [0.2, 0.25) is 0 Å². The molecule has 0 fully saturated rings. The van der Waals surface area contributed by atoms with Crippen molar-refractivity contribution in [1.82, 2.24) is 10.3 Å². The highest BCUT2D eigenvalue weighted by molar-refractivity contribution is 5.95. The minimum atomic E-state index is -0.0191. The number of carbonyl (C=O) groups is 1. The van der Waals surface area contributed by atoms with E-state index in [1.807, 2.05) is 13.1 Å². The summed E-state index contributed by atoms with van der Waals surface area (Å²) in [6.07, 6.45) is 3.30. The first kappa shape index (κ1) is 16.5. The van der Waals surface area contributed by atoms with Gasteiger partial charge >= 0.3 is 0 Å². The summed E-state index contributed by atoms with van der Waals surface area (Å²) < 4.78 is 0. The van der Waals surface area contributed by atoms with Crippen molar-refractivity contribution in [3.63, 3.8) is 0 Å². The number of aromatic nitrogens is 1. The Bertz CT molecular complexity index is 443. The number of hydrogen-bond acceptors (Lipinski definition) is 3. The maximum Gasteiger partial charge on any atom is 0.251 e. The maximum absolute atomic E-state index is 12.3. The Morgan fingerprint density at radius 3 is 2.55 bits per heavy atom. The summed E-state index contributed by atoms with van der Waals surface area (Å²) >= 11 is 0. The number of nitrogens with zero attached hydrogens (tertiary/aromatic N) is 1. The second-order valence-corrected chi connectivity index (χ2v) is 5.59. The average molecular weight is 277 g/mol. The van der Waals surface area contributed by atoms with E-state index in [0.29, 0.717) is 11.5 Å². The highest BCUT2D eigenvalue weighted by Crippen LogP contribution is 2.17. The number of amides is 1. The van der Waals surface area contributed by atoms with Crippen molar-refractivity contribution in [3.05, 3.63) is 23.4 Å². The van der Waals surface area contributed by atoms with E-state index in [4.69, 9.17) is 0 Å². The van der Waals surface area contributed by atoms with E-state index in [0.717, 1.165) is 30.8 Å². The molecule has 2 N–H and O–H groups in total. The predicted molar refractivity (Wildman–Crippen MR) is 84.3 cm³/mol. The van der Waals surface area contributed by atoms with Gasteiger partial charge in [-0.15, -0.1) is 0 Å². The fraction of sp³-hybridized carbons (Fsp3) is 0.625. The van der Waals surface area contributed by atoms with E-state index < -0.39 is 0 Å². The topological polar surface area (TPSA) is 54.0 Å². The molecule has 4 nitrogen and oxygen atoms in total. The van der Waals surface area contributed by atoms with E-state index in [9.17, 15) is 4.79 Å². The molecule has 0 saturated heterocycles. The third-order valence-corrected chi connectivity index (χ3v) is 3.32. The van der Waals surface area contributed by atoms with Gasteiger partial charge in [0.25, 0.3) is 5.91 Å². The van der Waals surface area contributed by atoms with Crippen molar-refractivity contribution in [2.75, 3.05) is 12.4 Å². The molecule has 0 radical (unpaired) electrons. The van der Waals surface area contributed by atoms with Gasteiger partial charge in [0.2, 0.25) is 0 Å². The first-order valence-corrected chi connectivity index (χ1v) is 7.48. The van der Waals surface area contributed by atoms with Gasteiger partial charge < -0.3 is 10.6 Å². The van der Waals surface area contributed by atoms with Crippen LogP contribution in [0.1, 0.15) is 68.9 Å². The molecular weight excluding hydrogens is 250 g/mol. The molecule has 112 valence electrons. The molecule has 0 aliphatic rings. The second-order valence-electron chi connectivity index (χ2n) is 5.59. The van der Waals surface area contributed by atoms with E-state index in [2.05, 4.69) is 43.3 Å². The zero-order valence-electron chi connectivity index (χ0n) is 13.3. The highest BCUT2D eigenvalue weighted by Gasteiger charge is 2.13. The summed E-state index contributed by atoms with van der Waals surface area (Å²) in [5, 5.41) is 6.07. The molecule has 0 saturated carbocycles. The Hall–Kier alpha value is -1.58. The molecule has 4 heteroatoms. The van der Waals surface area contributed by atoms with Crippen LogP contribution in [0, 0.1) is 0 Å². The van der Waals surface area contributed by atoms with Gasteiger partial charge in [0.1, 0.15) is 5.82 Å². The molecule has 1 atom stereocenters. The van der Waals surface area contributed by atoms with Gasteiger partial charge in [-0.1, -0.05) is 33.6 Å². The van der Waals surface area contributed by atoms with Crippen LogP contribution in [-0.2, 0) is 0 Å². The predicted octanol–water partition coefficient (Wildman–Crippen LogP) is 3.56. The Balaban J connectivity index is 2.83. The van der Waals surface area contributed by atoms with Crippen LogP contribution in [0.4, 0.5) is 5.82 Å². The van der Waals surface area contributed by atoms with E-state index in [1.165, 1.54) is 0 Å². The average Bonchev–Trinajstić information content (AvgIpc) is 2.44. The third kappa shape index (κ3) is 4.83. The van der Waals surface area contributed by atoms with Crippen LogP contribution in [0.5, 0.6) is 0 Å².